The summed E-state index contributed by atoms with van der Waals surface area (Å²) in [7, 11) is 0. The summed E-state index contributed by atoms with van der Waals surface area (Å²) in [6.45, 7) is 2.28. The molecule has 6 heteroatoms. The van der Waals surface area contributed by atoms with E-state index in [1.807, 2.05) is 30.3 Å². The normalized spacial score (nSPS) is 11.6. The summed E-state index contributed by atoms with van der Waals surface area (Å²) in [4.78, 5) is 23.4. The van der Waals surface area contributed by atoms with E-state index in [4.69, 9.17) is 9.47 Å². The van der Waals surface area contributed by atoms with Crippen LogP contribution in [0.4, 0.5) is 0 Å². The van der Waals surface area contributed by atoms with Crippen LogP contribution in [0.5, 0.6) is 5.75 Å². The van der Waals surface area contributed by atoms with E-state index < -0.39 is 11.9 Å². The standard InChI is InChI=1S/C18H16Br2O4/c1-2-23-18(22)14(10-21)13-8-9-15(19)17(16(13)20)24-11-12-6-4-3-5-7-12/h3-10,14H,2,11H2,1H3. The first-order chi connectivity index (χ1) is 11.6. The van der Waals surface area contributed by atoms with Crippen LogP contribution in [0.15, 0.2) is 51.4 Å². The largest absolute Gasteiger partial charge is 0.487 e. The average Bonchev–Trinajstić information content (AvgIpc) is 2.58. The van der Waals surface area contributed by atoms with E-state index in [1.165, 1.54) is 0 Å². The Kier molecular flexibility index (Phi) is 6.99. The number of ether oxygens (including phenoxy) is 2. The zero-order valence-corrected chi connectivity index (χ0v) is 16.2. The predicted octanol–water partition coefficient (Wildman–Crippen LogP) is 4.64. The highest BCUT2D eigenvalue weighted by atomic mass is 79.9. The van der Waals surface area contributed by atoms with Gasteiger partial charge in [-0.3, -0.25) is 4.79 Å². The molecule has 2 rings (SSSR count). The molecule has 24 heavy (non-hydrogen) atoms. The minimum Gasteiger partial charge on any atom is -0.487 e. The van der Waals surface area contributed by atoms with E-state index in [0.717, 1.165) is 10.0 Å². The summed E-state index contributed by atoms with van der Waals surface area (Å²) in [5.41, 5.74) is 1.52. The number of halogens is 2. The van der Waals surface area contributed by atoms with E-state index in [1.54, 1.807) is 19.1 Å². The summed E-state index contributed by atoms with van der Waals surface area (Å²) >= 11 is 6.88. The van der Waals surface area contributed by atoms with Crippen LogP contribution < -0.4 is 4.74 Å². The molecular weight excluding hydrogens is 440 g/mol. The quantitative estimate of drug-likeness (QED) is 0.346. The van der Waals surface area contributed by atoms with Crippen molar-refractivity contribution in [3.63, 3.8) is 0 Å². The number of aldehydes is 1. The van der Waals surface area contributed by atoms with Crippen molar-refractivity contribution in [3.8, 4) is 5.75 Å². The Balaban J connectivity index is 2.29. The second-order valence-corrected chi connectivity index (χ2v) is 6.57. The summed E-state index contributed by atoms with van der Waals surface area (Å²) in [5.74, 6) is -1.04. The average molecular weight is 456 g/mol. The zero-order valence-electron chi connectivity index (χ0n) is 13.0. The Morgan fingerprint density at radius 1 is 1.17 bits per heavy atom. The molecule has 0 aliphatic rings. The van der Waals surface area contributed by atoms with Gasteiger partial charge in [-0.15, -0.1) is 0 Å². The summed E-state index contributed by atoms with van der Waals surface area (Å²) in [6, 6.07) is 13.2. The van der Waals surface area contributed by atoms with Crippen molar-refractivity contribution in [2.45, 2.75) is 19.4 Å². The monoisotopic (exact) mass is 454 g/mol. The fourth-order valence-electron chi connectivity index (χ4n) is 2.14. The number of carbonyl (C=O) groups excluding carboxylic acids is 2. The molecule has 4 nitrogen and oxygen atoms in total. The Bertz CT molecular complexity index is 716. The van der Waals surface area contributed by atoms with E-state index in [9.17, 15) is 9.59 Å². The van der Waals surface area contributed by atoms with Crippen LogP contribution in [0.3, 0.4) is 0 Å². The van der Waals surface area contributed by atoms with Crippen molar-refractivity contribution < 1.29 is 19.1 Å². The Labute approximate surface area is 157 Å². The fraction of sp³-hybridized carbons (Fsp3) is 0.222. The summed E-state index contributed by atoms with van der Waals surface area (Å²) in [6.07, 6.45) is 0.576. The minimum absolute atomic E-state index is 0.217. The number of hydrogen-bond donors (Lipinski definition) is 0. The Hall–Kier alpha value is -1.66. The lowest BCUT2D eigenvalue weighted by Crippen LogP contribution is -2.18. The first-order valence-corrected chi connectivity index (χ1v) is 8.93. The van der Waals surface area contributed by atoms with Crippen molar-refractivity contribution >= 4 is 44.1 Å². The van der Waals surface area contributed by atoms with E-state index in [2.05, 4.69) is 31.9 Å². The van der Waals surface area contributed by atoms with Crippen molar-refractivity contribution in [2.75, 3.05) is 6.61 Å². The third-order valence-corrected chi connectivity index (χ3v) is 4.76. The number of esters is 1. The molecule has 0 fully saturated rings. The highest BCUT2D eigenvalue weighted by Crippen LogP contribution is 2.39. The van der Waals surface area contributed by atoms with Crippen LogP contribution in [0.2, 0.25) is 0 Å². The second-order valence-electron chi connectivity index (χ2n) is 4.92. The van der Waals surface area contributed by atoms with Crippen LogP contribution in [0, 0.1) is 0 Å². The number of hydrogen-bond acceptors (Lipinski definition) is 4. The zero-order chi connectivity index (χ0) is 17.5. The molecule has 2 aromatic carbocycles. The molecule has 2 aromatic rings. The maximum atomic E-state index is 12.0. The molecule has 0 saturated heterocycles. The lowest BCUT2D eigenvalue weighted by Gasteiger charge is -2.16. The molecule has 0 aliphatic heterocycles. The predicted molar refractivity (Wildman–Crippen MR) is 98.1 cm³/mol. The van der Waals surface area contributed by atoms with Gasteiger partial charge in [0.2, 0.25) is 0 Å². The molecule has 1 unspecified atom stereocenters. The highest BCUT2D eigenvalue weighted by molar-refractivity contribution is 9.11. The lowest BCUT2D eigenvalue weighted by atomic mass is 10.0. The molecular formula is C18H16Br2O4. The Morgan fingerprint density at radius 3 is 2.50 bits per heavy atom. The third kappa shape index (κ3) is 4.45. The molecule has 0 amide bonds. The van der Waals surface area contributed by atoms with Gasteiger partial charge in [0.15, 0.2) is 0 Å². The van der Waals surface area contributed by atoms with Crippen LogP contribution in [0.1, 0.15) is 24.0 Å². The van der Waals surface area contributed by atoms with Crippen molar-refractivity contribution in [3.05, 3.63) is 62.5 Å². The van der Waals surface area contributed by atoms with Gasteiger partial charge in [-0.1, -0.05) is 36.4 Å². The minimum atomic E-state index is -0.994. The van der Waals surface area contributed by atoms with Gasteiger partial charge in [0, 0.05) is 0 Å². The number of benzene rings is 2. The Morgan fingerprint density at radius 2 is 1.88 bits per heavy atom. The lowest BCUT2D eigenvalue weighted by molar-refractivity contribution is -0.146. The van der Waals surface area contributed by atoms with Crippen LogP contribution in [-0.4, -0.2) is 18.9 Å². The van der Waals surface area contributed by atoms with Gasteiger partial charge in [-0.25, -0.2) is 0 Å². The molecule has 0 aliphatic carbocycles. The maximum absolute atomic E-state index is 12.0. The van der Waals surface area contributed by atoms with Crippen molar-refractivity contribution in [2.24, 2.45) is 0 Å². The van der Waals surface area contributed by atoms with Crippen LogP contribution in [-0.2, 0) is 20.9 Å². The van der Waals surface area contributed by atoms with Gasteiger partial charge in [-0.05, 0) is 56.0 Å². The van der Waals surface area contributed by atoms with Gasteiger partial charge >= 0.3 is 5.97 Å². The smallest absolute Gasteiger partial charge is 0.320 e. The maximum Gasteiger partial charge on any atom is 0.320 e. The second kappa shape index (κ2) is 8.99. The van der Waals surface area contributed by atoms with Crippen LogP contribution >= 0.6 is 31.9 Å². The van der Waals surface area contributed by atoms with Gasteiger partial charge in [0.1, 0.15) is 24.6 Å². The molecule has 0 N–H and O–H groups in total. The molecule has 126 valence electrons. The van der Waals surface area contributed by atoms with E-state index in [0.29, 0.717) is 28.7 Å². The topological polar surface area (TPSA) is 52.6 Å². The number of rotatable bonds is 7. The first kappa shape index (κ1) is 18.7. The van der Waals surface area contributed by atoms with Crippen molar-refractivity contribution in [1.82, 2.24) is 0 Å². The molecule has 0 radical (unpaired) electrons. The molecule has 0 aromatic heterocycles. The molecule has 0 saturated carbocycles. The van der Waals surface area contributed by atoms with Gasteiger partial charge < -0.3 is 14.3 Å². The molecule has 1 atom stereocenters. The van der Waals surface area contributed by atoms with Crippen molar-refractivity contribution in [1.29, 1.82) is 0 Å². The van der Waals surface area contributed by atoms with Gasteiger partial charge in [0.05, 0.1) is 15.6 Å². The van der Waals surface area contributed by atoms with E-state index in [-0.39, 0.29) is 6.61 Å². The molecule has 0 bridgehead atoms. The first-order valence-electron chi connectivity index (χ1n) is 7.35. The highest BCUT2D eigenvalue weighted by Gasteiger charge is 2.26. The van der Waals surface area contributed by atoms with E-state index >= 15 is 0 Å². The molecule has 0 spiro atoms. The number of carbonyl (C=O) groups is 2. The molecule has 0 heterocycles. The summed E-state index contributed by atoms with van der Waals surface area (Å²) < 4.78 is 12.1. The van der Waals surface area contributed by atoms with Gasteiger partial charge in [0.25, 0.3) is 0 Å². The SMILES string of the molecule is CCOC(=O)C(C=O)c1ccc(Br)c(OCc2ccccc2)c1Br. The summed E-state index contributed by atoms with van der Waals surface area (Å²) in [5, 5.41) is 0. The van der Waals surface area contributed by atoms with Crippen LogP contribution in [0.25, 0.3) is 0 Å². The third-order valence-electron chi connectivity index (χ3n) is 3.32. The fourth-order valence-corrected chi connectivity index (χ4v) is 3.56. The van der Waals surface area contributed by atoms with Gasteiger partial charge in [-0.2, -0.15) is 0 Å².